The first kappa shape index (κ1) is 23.2. The van der Waals surface area contributed by atoms with Gasteiger partial charge in [-0.05, 0) is 57.4 Å². The van der Waals surface area contributed by atoms with Crippen LogP contribution in [0.2, 0.25) is 5.02 Å². The molecule has 0 fully saturated rings. The second kappa shape index (κ2) is 10.2. The first-order chi connectivity index (χ1) is 15.3. The van der Waals surface area contributed by atoms with Gasteiger partial charge in [0.1, 0.15) is 6.26 Å². The van der Waals surface area contributed by atoms with Gasteiger partial charge < -0.3 is 19.6 Å². The molecule has 2 aromatic carbocycles. The number of hydrogen-bond acceptors (Lipinski definition) is 6. The molecule has 0 radical (unpaired) electrons. The average Bonchev–Trinajstić information content (AvgIpc) is 3.02. The molecule has 0 saturated carbocycles. The number of hydrogen-bond donors (Lipinski definition) is 1. The smallest absolute Gasteiger partial charge is 0.331 e. The van der Waals surface area contributed by atoms with E-state index in [1.165, 1.54) is 0 Å². The van der Waals surface area contributed by atoms with Gasteiger partial charge in [0.25, 0.3) is 12.4 Å². The summed E-state index contributed by atoms with van der Waals surface area (Å²) >= 11 is 6.16. The molecule has 166 valence electrons. The first-order valence-electron chi connectivity index (χ1n) is 9.80. The molecule has 8 nitrogen and oxygen atoms in total. The summed E-state index contributed by atoms with van der Waals surface area (Å²) < 4.78 is 3.90. The van der Waals surface area contributed by atoms with Gasteiger partial charge in [0, 0.05) is 22.3 Å². The monoisotopic (exact) mass is 455 g/mol. The number of amides is 1. The fourth-order valence-electron chi connectivity index (χ4n) is 3.54. The molecule has 0 bridgehead atoms. The quantitative estimate of drug-likeness (QED) is 0.251. The minimum absolute atomic E-state index is 0.0506. The van der Waals surface area contributed by atoms with E-state index in [-0.39, 0.29) is 12.4 Å². The Bertz CT molecular complexity index is 1210. The highest BCUT2D eigenvalue weighted by Crippen LogP contribution is 2.40. The van der Waals surface area contributed by atoms with Crippen molar-refractivity contribution in [2.45, 2.75) is 6.42 Å². The van der Waals surface area contributed by atoms with Crippen molar-refractivity contribution in [3.8, 4) is 0 Å². The van der Waals surface area contributed by atoms with Crippen molar-refractivity contribution in [1.82, 2.24) is 9.88 Å². The van der Waals surface area contributed by atoms with Gasteiger partial charge in [-0.3, -0.25) is 9.59 Å². The van der Waals surface area contributed by atoms with Crippen LogP contribution in [0.4, 0.5) is 5.69 Å². The van der Waals surface area contributed by atoms with Crippen LogP contribution in [-0.2, 0) is 14.3 Å². The minimum Gasteiger partial charge on any atom is -0.478 e. The molecular formula is C23H22ClN3O5. The largest absolute Gasteiger partial charge is 0.478 e. The normalized spacial score (nSPS) is 12.5. The number of aromatic nitrogens is 1. The molecule has 0 atom stereocenters. The zero-order valence-electron chi connectivity index (χ0n) is 17.6. The summed E-state index contributed by atoms with van der Waals surface area (Å²) in [4.78, 5) is 40.8. The predicted molar refractivity (Wildman–Crippen MR) is 123 cm³/mol. The Labute approximate surface area is 189 Å². The first-order valence-corrected chi connectivity index (χ1v) is 10.2. The van der Waals surface area contributed by atoms with Gasteiger partial charge in [-0.1, -0.05) is 17.7 Å². The van der Waals surface area contributed by atoms with Crippen LogP contribution in [-0.4, -0.2) is 60.5 Å². The summed E-state index contributed by atoms with van der Waals surface area (Å²) in [6, 6.07) is 11.5. The number of ether oxygens (including phenoxy) is 1. The molecule has 3 aromatic rings. The fourth-order valence-corrected chi connectivity index (χ4v) is 3.71. The van der Waals surface area contributed by atoms with Gasteiger partial charge >= 0.3 is 5.97 Å². The molecule has 32 heavy (non-hydrogen) atoms. The number of rotatable bonds is 7. The molecular weight excluding hydrogens is 434 g/mol. The molecule has 0 spiro atoms. The van der Waals surface area contributed by atoms with Crippen molar-refractivity contribution in [3.63, 3.8) is 0 Å². The Morgan fingerprint density at radius 2 is 2.03 bits per heavy atom. The Kier molecular flexibility index (Phi) is 7.40. The summed E-state index contributed by atoms with van der Waals surface area (Å²) in [5, 5.41) is 10.3. The number of pyridine rings is 1. The summed E-state index contributed by atoms with van der Waals surface area (Å²) in [7, 11) is 4.08. The maximum absolute atomic E-state index is 13.1. The van der Waals surface area contributed by atoms with Crippen molar-refractivity contribution in [1.29, 1.82) is 0 Å². The SMILES string of the molecule is CN(C)CCCN1C(=O)c2c3cc(Cl)ccc3nc3cccc1c23.O=CO/C=C/C(=O)O. The molecule has 1 aromatic heterocycles. The van der Waals surface area contributed by atoms with Gasteiger partial charge in [-0.15, -0.1) is 0 Å². The standard InChI is InChI=1S/C19H18ClN3O.C4H4O4/c1-22(2)9-4-10-23-16-6-3-5-15-18(16)17(19(23)24)13-11-12(20)7-8-14(13)21-15;5-3-8-2-1-4(6)7/h3,5-8,11H,4,9-10H2,1-2H3;1-3H,(H,6,7)/b;2-1+. The number of carboxylic acid groups (broad SMARTS) is 1. The number of anilines is 1. The zero-order valence-corrected chi connectivity index (χ0v) is 18.4. The summed E-state index contributed by atoms with van der Waals surface area (Å²) in [5.74, 6) is -1.10. The van der Waals surface area contributed by atoms with Crippen LogP contribution < -0.4 is 4.90 Å². The molecule has 4 rings (SSSR count). The third-order valence-corrected chi connectivity index (χ3v) is 5.06. The van der Waals surface area contributed by atoms with Crippen LogP contribution in [0.25, 0.3) is 21.8 Å². The van der Waals surface area contributed by atoms with Crippen molar-refractivity contribution in [3.05, 3.63) is 59.3 Å². The number of carboxylic acids is 1. The highest BCUT2D eigenvalue weighted by Gasteiger charge is 2.32. The van der Waals surface area contributed by atoms with E-state index in [1.54, 1.807) is 0 Å². The van der Waals surface area contributed by atoms with Crippen molar-refractivity contribution >= 4 is 57.4 Å². The van der Waals surface area contributed by atoms with Crippen LogP contribution in [0.5, 0.6) is 0 Å². The molecule has 0 aliphatic carbocycles. The Morgan fingerprint density at radius 3 is 2.72 bits per heavy atom. The summed E-state index contributed by atoms with van der Waals surface area (Å²) in [5.41, 5.74) is 3.36. The fraction of sp³-hybridized carbons (Fsp3) is 0.217. The predicted octanol–water partition coefficient (Wildman–Crippen LogP) is 3.71. The van der Waals surface area contributed by atoms with E-state index in [0.29, 0.717) is 17.6 Å². The Balaban J connectivity index is 0.000000312. The molecule has 1 aliphatic heterocycles. The maximum Gasteiger partial charge on any atom is 0.331 e. The zero-order chi connectivity index (χ0) is 23.3. The Morgan fingerprint density at radius 1 is 1.25 bits per heavy atom. The van der Waals surface area contributed by atoms with Crippen LogP contribution in [0.3, 0.4) is 0 Å². The molecule has 9 heteroatoms. The van der Waals surface area contributed by atoms with Crippen LogP contribution in [0.1, 0.15) is 16.8 Å². The van der Waals surface area contributed by atoms with E-state index >= 15 is 0 Å². The van der Waals surface area contributed by atoms with E-state index in [2.05, 4.69) is 9.64 Å². The number of benzene rings is 2. The lowest BCUT2D eigenvalue weighted by molar-refractivity contribution is -0.131. The molecule has 1 N–H and O–H groups in total. The molecule has 1 aliphatic rings. The summed E-state index contributed by atoms with van der Waals surface area (Å²) in [6.45, 7) is 1.78. The van der Waals surface area contributed by atoms with E-state index in [1.807, 2.05) is 55.4 Å². The van der Waals surface area contributed by atoms with Crippen LogP contribution >= 0.6 is 11.6 Å². The van der Waals surface area contributed by atoms with Gasteiger partial charge in [0.05, 0.1) is 28.4 Å². The van der Waals surface area contributed by atoms with E-state index in [0.717, 1.165) is 52.3 Å². The number of carbonyl (C=O) groups excluding carboxylic acids is 2. The lowest BCUT2D eigenvalue weighted by Gasteiger charge is -2.19. The van der Waals surface area contributed by atoms with E-state index < -0.39 is 5.97 Å². The van der Waals surface area contributed by atoms with Gasteiger partial charge in [-0.25, -0.2) is 9.78 Å². The lowest BCUT2D eigenvalue weighted by atomic mass is 10.0. The van der Waals surface area contributed by atoms with Gasteiger partial charge in [0.2, 0.25) is 0 Å². The molecule has 2 heterocycles. The topological polar surface area (TPSA) is 100 Å². The second-order valence-electron chi connectivity index (χ2n) is 7.31. The maximum atomic E-state index is 13.1. The van der Waals surface area contributed by atoms with E-state index in [9.17, 15) is 14.4 Å². The number of nitrogens with zero attached hydrogens (tertiary/aromatic N) is 3. The number of halogens is 1. The van der Waals surface area contributed by atoms with Crippen molar-refractivity contribution < 1.29 is 24.2 Å². The highest BCUT2D eigenvalue weighted by molar-refractivity contribution is 6.33. The van der Waals surface area contributed by atoms with E-state index in [4.69, 9.17) is 21.7 Å². The lowest BCUT2D eigenvalue weighted by Crippen LogP contribution is -2.30. The molecule has 0 saturated heterocycles. The second-order valence-corrected chi connectivity index (χ2v) is 7.74. The third-order valence-electron chi connectivity index (χ3n) is 4.82. The van der Waals surface area contributed by atoms with Crippen LogP contribution in [0, 0.1) is 0 Å². The summed E-state index contributed by atoms with van der Waals surface area (Å²) in [6.07, 6.45) is 2.43. The highest BCUT2D eigenvalue weighted by atomic mass is 35.5. The minimum atomic E-state index is -1.15. The number of fused-ring (bicyclic) bond motifs is 2. The van der Waals surface area contributed by atoms with Gasteiger partial charge in [-0.2, -0.15) is 0 Å². The molecule has 1 amide bonds. The van der Waals surface area contributed by atoms with Crippen LogP contribution in [0.15, 0.2) is 48.7 Å². The molecule has 0 unspecified atom stereocenters. The van der Waals surface area contributed by atoms with Crippen molar-refractivity contribution in [2.24, 2.45) is 0 Å². The third kappa shape index (κ3) is 5.04. The number of carbonyl (C=O) groups is 3. The van der Waals surface area contributed by atoms with Gasteiger partial charge in [0.15, 0.2) is 0 Å². The number of aliphatic carboxylic acids is 1. The average molecular weight is 456 g/mol. The van der Waals surface area contributed by atoms with Crippen molar-refractivity contribution in [2.75, 3.05) is 32.1 Å². The Hall–Kier alpha value is -3.49.